The lowest BCUT2D eigenvalue weighted by molar-refractivity contribution is 0.140. The Labute approximate surface area is 77.9 Å². The first-order valence-corrected chi connectivity index (χ1v) is 4.49. The summed E-state index contributed by atoms with van der Waals surface area (Å²) < 4.78 is 7.01. The van der Waals surface area contributed by atoms with Crippen LogP contribution < -0.4 is 5.73 Å². The summed E-state index contributed by atoms with van der Waals surface area (Å²) in [6, 6.07) is 0. The molecule has 0 saturated carbocycles. The van der Waals surface area contributed by atoms with E-state index < -0.39 is 0 Å². The molecule has 0 unspecified atom stereocenters. The molecule has 0 bridgehead atoms. The molecule has 0 fully saturated rings. The quantitative estimate of drug-likeness (QED) is 0.680. The van der Waals surface area contributed by atoms with Gasteiger partial charge in [-0.1, -0.05) is 5.21 Å². The van der Waals surface area contributed by atoms with E-state index in [0.29, 0.717) is 5.82 Å². The van der Waals surface area contributed by atoms with Gasteiger partial charge in [-0.3, -0.25) is 0 Å². The Bertz CT molecular complexity index is 259. The first-order valence-electron chi connectivity index (χ1n) is 4.49. The maximum atomic E-state index is 5.55. The molecule has 5 heteroatoms. The molecular weight excluding hydrogens is 168 g/mol. The second kappa shape index (κ2) is 4.81. The number of hydrogen-bond acceptors (Lipinski definition) is 4. The lowest BCUT2D eigenvalue weighted by atomic mass is 10.4. The highest BCUT2D eigenvalue weighted by molar-refractivity contribution is 5.31. The first-order chi connectivity index (χ1) is 6.25. The molecule has 0 aromatic carbocycles. The summed E-state index contributed by atoms with van der Waals surface area (Å²) in [5.41, 5.74) is 6.47. The van der Waals surface area contributed by atoms with Crippen LogP contribution in [-0.2, 0) is 11.3 Å². The van der Waals surface area contributed by atoms with Crippen molar-refractivity contribution >= 4 is 5.82 Å². The summed E-state index contributed by atoms with van der Waals surface area (Å²) in [4.78, 5) is 0. The van der Waals surface area contributed by atoms with Crippen LogP contribution in [0.3, 0.4) is 0 Å². The van der Waals surface area contributed by atoms with E-state index in [4.69, 9.17) is 10.5 Å². The third kappa shape index (κ3) is 2.69. The summed E-state index contributed by atoms with van der Waals surface area (Å²) >= 11 is 0. The largest absolute Gasteiger partial charge is 0.382 e. The van der Waals surface area contributed by atoms with Crippen molar-refractivity contribution < 1.29 is 4.74 Å². The Kier molecular flexibility index (Phi) is 3.70. The molecule has 13 heavy (non-hydrogen) atoms. The van der Waals surface area contributed by atoms with Gasteiger partial charge in [0.1, 0.15) is 0 Å². The molecule has 0 spiro atoms. The lowest BCUT2D eigenvalue weighted by Gasteiger charge is -2.02. The Balaban J connectivity index is 2.32. The van der Waals surface area contributed by atoms with E-state index in [1.54, 1.807) is 4.68 Å². The fourth-order valence-corrected chi connectivity index (χ4v) is 1.05. The van der Waals surface area contributed by atoms with Gasteiger partial charge in [-0.15, -0.1) is 5.10 Å². The van der Waals surface area contributed by atoms with Crippen molar-refractivity contribution in [3.8, 4) is 0 Å². The van der Waals surface area contributed by atoms with E-state index in [1.807, 2.05) is 13.8 Å². The molecule has 0 atom stereocenters. The van der Waals surface area contributed by atoms with Crippen molar-refractivity contribution in [3.63, 3.8) is 0 Å². The van der Waals surface area contributed by atoms with Crippen molar-refractivity contribution in [3.05, 3.63) is 5.69 Å². The highest BCUT2D eigenvalue weighted by Crippen LogP contribution is 2.04. The molecule has 74 valence electrons. The smallest absolute Gasteiger partial charge is 0.168 e. The highest BCUT2D eigenvalue weighted by atomic mass is 16.5. The lowest BCUT2D eigenvalue weighted by Crippen LogP contribution is -2.06. The van der Waals surface area contributed by atoms with Crippen LogP contribution in [0.5, 0.6) is 0 Å². The average Bonchev–Trinajstić information content (AvgIpc) is 2.43. The topological polar surface area (TPSA) is 66.0 Å². The Hall–Kier alpha value is -1.10. The van der Waals surface area contributed by atoms with Crippen LogP contribution in [-0.4, -0.2) is 28.2 Å². The molecule has 0 aliphatic rings. The normalized spacial score (nSPS) is 10.6. The number of aryl methyl sites for hydroxylation is 1. The predicted molar refractivity (Wildman–Crippen MR) is 50.3 cm³/mol. The van der Waals surface area contributed by atoms with Crippen LogP contribution in [0.1, 0.15) is 19.0 Å². The number of hydrogen-bond donors (Lipinski definition) is 1. The molecule has 0 amide bonds. The fourth-order valence-electron chi connectivity index (χ4n) is 1.05. The number of rotatable bonds is 5. The number of aromatic nitrogens is 3. The third-order valence-electron chi connectivity index (χ3n) is 1.88. The van der Waals surface area contributed by atoms with Gasteiger partial charge in [-0.25, -0.2) is 4.68 Å². The average molecular weight is 184 g/mol. The highest BCUT2D eigenvalue weighted by Gasteiger charge is 2.03. The predicted octanol–water partition coefficient (Wildman–Crippen LogP) is 0.595. The number of ether oxygens (including phenoxy) is 1. The van der Waals surface area contributed by atoms with E-state index in [9.17, 15) is 0 Å². The fraction of sp³-hybridized carbons (Fsp3) is 0.750. The van der Waals surface area contributed by atoms with E-state index in [2.05, 4.69) is 10.3 Å². The number of anilines is 1. The third-order valence-corrected chi connectivity index (χ3v) is 1.88. The minimum absolute atomic E-state index is 0.511. The molecule has 5 nitrogen and oxygen atoms in total. The van der Waals surface area contributed by atoms with Gasteiger partial charge in [0.2, 0.25) is 0 Å². The summed E-state index contributed by atoms with van der Waals surface area (Å²) in [6.07, 6.45) is 0.942. The van der Waals surface area contributed by atoms with Crippen LogP contribution in [0.2, 0.25) is 0 Å². The van der Waals surface area contributed by atoms with Crippen molar-refractivity contribution in [2.45, 2.75) is 26.8 Å². The van der Waals surface area contributed by atoms with Crippen LogP contribution in [0.25, 0.3) is 0 Å². The SMILES string of the molecule is CCOCCCn1nnc(N)c1C. The van der Waals surface area contributed by atoms with Gasteiger partial charge in [0.15, 0.2) is 5.82 Å². The zero-order valence-corrected chi connectivity index (χ0v) is 8.16. The standard InChI is InChI=1S/C8H16N4O/c1-3-13-6-4-5-12-7(2)8(9)10-11-12/h3-6,9H2,1-2H3. The molecule has 0 aliphatic carbocycles. The molecule has 0 radical (unpaired) electrons. The van der Waals surface area contributed by atoms with Crippen LogP contribution in [0, 0.1) is 6.92 Å². The van der Waals surface area contributed by atoms with E-state index in [-0.39, 0.29) is 0 Å². The molecule has 1 heterocycles. The van der Waals surface area contributed by atoms with Gasteiger partial charge in [-0.2, -0.15) is 0 Å². The number of nitrogen functional groups attached to an aromatic ring is 1. The zero-order valence-electron chi connectivity index (χ0n) is 8.16. The van der Waals surface area contributed by atoms with Gasteiger partial charge in [0, 0.05) is 19.8 Å². The molecule has 1 rings (SSSR count). The molecule has 1 aromatic rings. The van der Waals surface area contributed by atoms with Crippen LogP contribution in [0.4, 0.5) is 5.82 Å². The Morgan fingerprint density at radius 2 is 2.31 bits per heavy atom. The van der Waals surface area contributed by atoms with Crippen molar-refractivity contribution in [2.24, 2.45) is 0 Å². The maximum Gasteiger partial charge on any atom is 0.168 e. The second-order valence-electron chi connectivity index (χ2n) is 2.83. The van der Waals surface area contributed by atoms with Crippen LogP contribution >= 0.6 is 0 Å². The number of nitrogens with two attached hydrogens (primary N) is 1. The molecule has 0 aliphatic heterocycles. The monoisotopic (exact) mass is 184 g/mol. The van der Waals surface area contributed by atoms with Crippen molar-refractivity contribution in [1.82, 2.24) is 15.0 Å². The van der Waals surface area contributed by atoms with Gasteiger partial charge in [0.25, 0.3) is 0 Å². The maximum absolute atomic E-state index is 5.55. The summed E-state index contributed by atoms with van der Waals surface area (Å²) in [5, 5.41) is 7.66. The van der Waals surface area contributed by atoms with Crippen molar-refractivity contribution in [1.29, 1.82) is 0 Å². The van der Waals surface area contributed by atoms with E-state index in [1.165, 1.54) is 0 Å². The number of nitrogens with zero attached hydrogens (tertiary/aromatic N) is 3. The van der Waals surface area contributed by atoms with Crippen molar-refractivity contribution in [2.75, 3.05) is 18.9 Å². The Morgan fingerprint density at radius 1 is 1.54 bits per heavy atom. The molecule has 1 aromatic heterocycles. The first kappa shape index (κ1) is 9.98. The van der Waals surface area contributed by atoms with E-state index in [0.717, 1.165) is 31.9 Å². The van der Waals surface area contributed by atoms with Crippen LogP contribution in [0.15, 0.2) is 0 Å². The second-order valence-corrected chi connectivity index (χ2v) is 2.83. The summed E-state index contributed by atoms with van der Waals surface area (Å²) in [7, 11) is 0. The van der Waals surface area contributed by atoms with Gasteiger partial charge in [-0.05, 0) is 20.3 Å². The Morgan fingerprint density at radius 3 is 2.85 bits per heavy atom. The minimum Gasteiger partial charge on any atom is -0.382 e. The molecule has 0 saturated heterocycles. The van der Waals surface area contributed by atoms with Gasteiger partial charge in [0.05, 0.1) is 5.69 Å². The molecule has 2 N–H and O–H groups in total. The van der Waals surface area contributed by atoms with Gasteiger partial charge < -0.3 is 10.5 Å². The van der Waals surface area contributed by atoms with Gasteiger partial charge >= 0.3 is 0 Å². The minimum atomic E-state index is 0.511. The zero-order chi connectivity index (χ0) is 9.68. The van der Waals surface area contributed by atoms with E-state index >= 15 is 0 Å². The molecular formula is C8H16N4O. The summed E-state index contributed by atoms with van der Waals surface area (Å²) in [6.45, 7) is 6.24. The summed E-state index contributed by atoms with van der Waals surface area (Å²) in [5.74, 6) is 0.511.